The Bertz CT molecular complexity index is 1270. The van der Waals surface area contributed by atoms with Gasteiger partial charge in [0.2, 0.25) is 17.8 Å². The summed E-state index contributed by atoms with van der Waals surface area (Å²) in [5.41, 5.74) is 8.17. The quantitative estimate of drug-likeness (QED) is 0.434. The maximum Gasteiger partial charge on any atom is 0.248 e. The van der Waals surface area contributed by atoms with E-state index >= 15 is 0 Å². The van der Waals surface area contributed by atoms with Gasteiger partial charge in [-0.05, 0) is 37.6 Å². The van der Waals surface area contributed by atoms with E-state index < -0.39 is 0 Å². The molecule has 2 aromatic heterocycles. The van der Waals surface area contributed by atoms with Crippen LogP contribution in [-0.4, -0.2) is 93.8 Å². The van der Waals surface area contributed by atoms with Gasteiger partial charge in [0.25, 0.3) is 0 Å². The number of aromatic nitrogens is 5. The standard InChI is InChI=1S/C25H32N10O3/c1-18(36)15-23(37)34-8-2-7-33(9-10-34)21-16-22(28-17-27-21)35-24(26)30-25(31-35)29-19-3-5-20(6-4-19)32-11-13-38-14-12-32/h3-6,16-17H,2,7-15H2,1H3,(H3,26,29,30,31). The van der Waals surface area contributed by atoms with Crippen molar-refractivity contribution in [3.8, 4) is 5.82 Å². The SMILES string of the molecule is CC(=O)CC(=O)N1CCCN(c2cc(-n3nc(Nc4ccc(N5CCOCC5)cc4)nc3N)ncn2)CC1. The van der Waals surface area contributed by atoms with E-state index in [1.165, 1.54) is 17.9 Å². The van der Waals surface area contributed by atoms with Crippen molar-refractivity contribution in [2.45, 2.75) is 19.8 Å². The molecule has 0 atom stereocenters. The highest BCUT2D eigenvalue weighted by Gasteiger charge is 2.21. The van der Waals surface area contributed by atoms with Gasteiger partial charge in [-0.1, -0.05) is 0 Å². The average molecular weight is 521 g/mol. The first-order valence-electron chi connectivity index (χ1n) is 12.7. The molecule has 0 bridgehead atoms. The van der Waals surface area contributed by atoms with Crippen LogP contribution in [0.3, 0.4) is 0 Å². The molecule has 13 heteroatoms. The van der Waals surface area contributed by atoms with Crippen LogP contribution in [0.15, 0.2) is 36.7 Å². The van der Waals surface area contributed by atoms with Crippen LogP contribution in [0.5, 0.6) is 0 Å². The minimum Gasteiger partial charge on any atom is -0.378 e. The number of benzene rings is 1. The molecule has 1 aromatic carbocycles. The van der Waals surface area contributed by atoms with Crippen LogP contribution in [0.1, 0.15) is 19.8 Å². The maximum atomic E-state index is 12.3. The van der Waals surface area contributed by atoms with E-state index in [-0.39, 0.29) is 24.1 Å². The number of hydrogen-bond acceptors (Lipinski definition) is 11. The summed E-state index contributed by atoms with van der Waals surface area (Å²) in [5.74, 6) is 1.49. The summed E-state index contributed by atoms with van der Waals surface area (Å²) in [6.07, 6.45) is 2.18. The summed E-state index contributed by atoms with van der Waals surface area (Å²) in [4.78, 5) is 42.9. The number of hydrogen-bond donors (Lipinski definition) is 2. The van der Waals surface area contributed by atoms with E-state index in [0.29, 0.717) is 37.2 Å². The molecule has 13 nitrogen and oxygen atoms in total. The number of morpholine rings is 1. The first-order chi connectivity index (χ1) is 18.5. The van der Waals surface area contributed by atoms with Crippen molar-refractivity contribution in [2.75, 3.05) is 73.3 Å². The van der Waals surface area contributed by atoms with Crippen LogP contribution in [0.4, 0.5) is 29.1 Å². The Kier molecular flexibility index (Phi) is 7.63. The fourth-order valence-electron chi connectivity index (χ4n) is 4.60. The number of nitrogens with zero attached hydrogens (tertiary/aromatic N) is 8. The lowest BCUT2D eigenvalue weighted by atomic mass is 10.2. The van der Waals surface area contributed by atoms with Gasteiger partial charge >= 0.3 is 0 Å². The Morgan fingerprint density at radius 2 is 1.74 bits per heavy atom. The summed E-state index contributed by atoms with van der Waals surface area (Å²) >= 11 is 0. The fourth-order valence-corrected chi connectivity index (χ4v) is 4.60. The van der Waals surface area contributed by atoms with Gasteiger partial charge in [-0.2, -0.15) is 9.67 Å². The van der Waals surface area contributed by atoms with Crippen LogP contribution in [0, 0.1) is 0 Å². The number of amides is 1. The zero-order valence-corrected chi connectivity index (χ0v) is 21.4. The molecule has 0 radical (unpaired) electrons. The van der Waals surface area contributed by atoms with E-state index in [4.69, 9.17) is 10.5 Å². The molecule has 38 heavy (non-hydrogen) atoms. The molecule has 0 unspecified atom stereocenters. The number of nitrogen functional groups attached to an aromatic ring is 1. The normalized spacial score (nSPS) is 16.3. The molecular formula is C25H32N10O3. The number of ether oxygens (including phenoxy) is 1. The average Bonchev–Trinajstić information content (AvgIpc) is 3.12. The topological polar surface area (TPSA) is 148 Å². The van der Waals surface area contributed by atoms with Crippen molar-refractivity contribution in [1.82, 2.24) is 29.6 Å². The van der Waals surface area contributed by atoms with E-state index in [9.17, 15) is 9.59 Å². The molecule has 200 valence electrons. The predicted molar refractivity (Wildman–Crippen MR) is 143 cm³/mol. The molecule has 2 saturated heterocycles. The monoisotopic (exact) mass is 520 g/mol. The second kappa shape index (κ2) is 11.4. The van der Waals surface area contributed by atoms with Gasteiger partial charge in [0.05, 0.1) is 19.6 Å². The Hall–Kier alpha value is -4.26. The van der Waals surface area contributed by atoms with E-state index in [1.807, 2.05) is 12.1 Å². The zero-order chi connectivity index (χ0) is 26.5. The highest BCUT2D eigenvalue weighted by Crippen LogP contribution is 2.23. The minimum absolute atomic E-state index is 0.0579. The summed E-state index contributed by atoms with van der Waals surface area (Å²) < 4.78 is 6.89. The fraction of sp³-hybridized carbons (Fsp3) is 0.440. The first kappa shape index (κ1) is 25.4. The van der Waals surface area contributed by atoms with Crippen molar-refractivity contribution in [1.29, 1.82) is 0 Å². The van der Waals surface area contributed by atoms with Crippen molar-refractivity contribution in [2.24, 2.45) is 0 Å². The van der Waals surface area contributed by atoms with Gasteiger partial charge in [-0.25, -0.2) is 9.97 Å². The van der Waals surface area contributed by atoms with Crippen molar-refractivity contribution >= 4 is 40.8 Å². The Balaban J connectivity index is 1.25. The Labute approximate surface area is 220 Å². The zero-order valence-electron chi connectivity index (χ0n) is 21.4. The minimum atomic E-state index is -0.131. The highest BCUT2D eigenvalue weighted by molar-refractivity contribution is 5.96. The third kappa shape index (κ3) is 5.99. The number of carbonyl (C=O) groups is 2. The van der Waals surface area contributed by atoms with Gasteiger partial charge in [0.1, 0.15) is 17.9 Å². The third-order valence-electron chi connectivity index (χ3n) is 6.56. The number of Topliss-reactive ketones (excluding diaryl/α,β-unsaturated/α-hetero) is 1. The highest BCUT2D eigenvalue weighted by atomic mass is 16.5. The smallest absolute Gasteiger partial charge is 0.248 e. The molecule has 1 amide bonds. The number of carbonyl (C=O) groups excluding carboxylic acids is 2. The Morgan fingerprint density at radius 1 is 0.974 bits per heavy atom. The van der Waals surface area contributed by atoms with E-state index in [1.54, 1.807) is 11.0 Å². The number of rotatable bonds is 7. The molecule has 0 aliphatic carbocycles. The van der Waals surface area contributed by atoms with Gasteiger partial charge in [-0.3, -0.25) is 9.59 Å². The lowest BCUT2D eigenvalue weighted by Gasteiger charge is -2.28. The van der Waals surface area contributed by atoms with Gasteiger partial charge in [-0.15, -0.1) is 5.10 Å². The first-order valence-corrected chi connectivity index (χ1v) is 12.7. The van der Waals surface area contributed by atoms with Crippen molar-refractivity contribution in [3.63, 3.8) is 0 Å². The van der Waals surface area contributed by atoms with E-state index in [0.717, 1.165) is 50.6 Å². The van der Waals surface area contributed by atoms with Gasteiger partial charge in [0, 0.05) is 56.7 Å². The van der Waals surface area contributed by atoms with Crippen molar-refractivity contribution in [3.05, 3.63) is 36.7 Å². The summed E-state index contributed by atoms with van der Waals surface area (Å²) in [7, 11) is 0. The van der Waals surface area contributed by atoms with Crippen LogP contribution in [0.2, 0.25) is 0 Å². The third-order valence-corrected chi connectivity index (χ3v) is 6.56. The molecule has 0 saturated carbocycles. The molecule has 4 heterocycles. The molecule has 5 rings (SSSR count). The van der Waals surface area contributed by atoms with Crippen molar-refractivity contribution < 1.29 is 14.3 Å². The lowest BCUT2D eigenvalue weighted by Crippen LogP contribution is -2.36. The molecule has 2 aliphatic heterocycles. The molecular weight excluding hydrogens is 488 g/mol. The summed E-state index contributed by atoms with van der Waals surface area (Å²) in [6, 6.07) is 9.88. The maximum absolute atomic E-state index is 12.3. The van der Waals surface area contributed by atoms with E-state index in [2.05, 4.69) is 47.3 Å². The molecule has 2 fully saturated rings. The summed E-state index contributed by atoms with van der Waals surface area (Å²) in [5, 5.41) is 7.70. The van der Waals surface area contributed by atoms with Gasteiger partial charge in [0.15, 0.2) is 5.82 Å². The van der Waals surface area contributed by atoms with Gasteiger partial charge < -0.3 is 30.5 Å². The second-order valence-electron chi connectivity index (χ2n) is 9.31. The summed E-state index contributed by atoms with van der Waals surface area (Å²) in [6.45, 7) is 7.12. The number of nitrogens with one attached hydrogen (secondary N) is 1. The van der Waals surface area contributed by atoms with Crippen LogP contribution in [0.25, 0.3) is 5.82 Å². The van der Waals surface area contributed by atoms with Crippen LogP contribution in [-0.2, 0) is 14.3 Å². The molecule has 3 N–H and O–H groups in total. The molecule has 2 aliphatic rings. The lowest BCUT2D eigenvalue weighted by molar-refractivity contribution is -0.134. The Morgan fingerprint density at radius 3 is 2.50 bits per heavy atom. The molecule has 3 aromatic rings. The largest absolute Gasteiger partial charge is 0.378 e. The molecule has 0 spiro atoms. The number of nitrogens with two attached hydrogens (primary N) is 1. The van der Waals surface area contributed by atoms with Crippen LogP contribution >= 0.6 is 0 Å². The second-order valence-corrected chi connectivity index (χ2v) is 9.31. The number of anilines is 5. The number of ketones is 1. The predicted octanol–water partition coefficient (Wildman–Crippen LogP) is 1.24. The van der Waals surface area contributed by atoms with Crippen LogP contribution < -0.4 is 20.9 Å².